The first-order valence-electron chi connectivity index (χ1n) is 8.46. The van der Waals surface area contributed by atoms with Gasteiger partial charge in [0.25, 0.3) is 0 Å². The van der Waals surface area contributed by atoms with Crippen LogP contribution in [0.1, 0.15) is 24.8 Å². The summed E-state index contributed by atoms with van der Waals surface area (Å²) in [6.45, 7) is 6.44. The van der Waals surface area contributed by atoms with E-state index in [4.69, 9.17) is 4.74 Å². The summed E-state index contributed by atoms with van der Waals surface area (Å²) >= 11 is 0. The molecule has 3 rings (SSSR count). The number of aryl methyl sites for hydroxylation is 1. The summed E-state index contributed by atoms with van der Waals surface area (Å²) in [7, 11) is -3.36. The first kappa shape index (κ1) is 16.9. The van der Waals surface area contributed by atoms with Gasteiger partial charge in [0.1, 0.15) is 0 Å². The van der Waals surface area contributed by atoms with Gasteiger partial charge in [0.05, 0.1) is 11.0 Å². The molecule has 2 fully saturated rings. The van der Waals surface area contributed by atoms with E-state index < -0.39 is 10.0 Å². The maximum atomic E-state index is 12.7. The number of sulfonamides is 1. The van der Waals surface area contributed by atoms with Gasteiger partial charge >= 0.3 is 0 Å². The lowest BCUT2D eigenvalue weighted by Crippen LogP contribution is -2.50. The van der Waals surface area contributed by atoms with Gasteiger partial charge in [0, 0.05) is 39.3 Å². The Balaban J connectivity index is 1.56. The van der Waals surface area contributed by atoms with Crippen LogP contribution < -0.4 is 0 Å². The van der Waals surface area contributed by atoms with Crippen molar-refractivity contribution in [3.63, 3.8) is 0 Å². The lowest BCUT2D eigenvalue weighted by Gasteiger charge is -2.36. The van der Waals surface area contributed by atoms with E-state index in [1.807, 2.05) is 19.1 Å². The minimum atomic E-state index is -3.36. The van der Waals surface area contributed by atoms with E-state index in [1.165, 1.54) is 12.8 Å². The van der Waals surface area contributed by atoms with E-state index in [0.717, 1.165) is 38.2 Å². The van der Waals surface area contributed by atoms with Crippen molar-refractivity contribution in [1.82, 2.24) is 9.21 Å². The summed E-state index contributed by atoms with van der Waals surface area (Å²) in [5, 5.41) is 0. The molecule has 0 aromatic heterocycles. The molecule has 2 heterocycles. The smallest absolute Gasteiger partial charge is 0.243 e. The van der Waals surface area contributed by atoms with E-state index >= 15 is 0 Å². The number of piperazine rings is 1. The van der Waals surface area contributed by atoms with Crippen molar-refractivity contribution in [2.75, 3.05) is 39.3 Å². The zero-order valence-corrected chi connectivity index (χ0v) is 14.6. The van der Waals surface area contributed by atoms with Gasteiger partial charge in [0.2, 0.25) is 10.0 Å². The van der Waals surface area contributed by atoms with Crippen LogP contribution in [0.15, 0.2) is 29.2 Å². The van der Waals surface area contributed by atoms with E-state index in [9.17, 15) is 8.42 Å². The fraction of sp³-hybridized carbons (Fsp3) is 0.647. The number of nitrogens with zero attached hydrogens (tertiary/aromatic N) is 2. The van der Waals surface area contributed by atoms with Crippen LogP contribution in [-0.2, 0) is 14.8 Å². The predicted octanol–water partition coefficient (Wildman–Crippen LogP) is 1.87. The molecule has 0 N–H and O–H groups in total. The number of hydrogen-bond acceptors (Lipinski definition) is 4. The fourth-order valence-corrected chi connectivity index (χ4v) is 4.67. The molecule has 1 aromatic carbocycles. The van der Waals surface area contributed by atoms with Crippen molar-refractivity contribution >= 4 is 10.0 Å². The van der Waals surface area contributed by atoms with E-state index in [1.54, 1.807) is 16.4 Å². The van der Waals surface area contributed by atoms with Crippen LogP contribution in [0.3, 0.4) is 0 Å². The molecule has 2 saturated heterocycles. The van der Waals surface area contributed by atoms with Crippen LogP contribution in [0.25, 0.3) is 0 Å². The Kier molecular flexibility index (Phi) is 5.36. The van der Waals surface area contributed by atoms with Gasteiger partial charge < -0.3 is 4.74 Å². The molecule has 0 unspecified atom stereocenters. The summed E-state index contributed by atoms with van der Waals surface area (Å²) < 4.78 is 32.7. The number of rotatable bonds is 4. The molecule has 0 bridgehead atoms. The van der Waals surface area contributed by atoms with Crippen LogP contribution >= 0.6 is 0 Å². The van der Waals surface area contributed by atoms with Crippen molar-refractivity contribution < 1.29 is 13.2 Å². The standard InChI is InChI=1S/C17H26N2O3S/c1-15-5-7-17(8-6-15)23(20,21)19-11-9-18(10-12-19)14-16-4-2-3-13-22-16/h5-8,16H,2-4,9-14H2,1H3/t16-/m0/s1. The van der Waals surface area contributed by atoms with Crippen LogP contribution in [-0.4, -0.2) is 63.1 Å². The summed E-state index contributed by atoms with van der Waals surface area (Å²) in [6, 6.07) is 7.10. The molecule has 5 nitrogen and oxygen atoms in total. The maximum Gasteiger partial charge on any atom is 0.243 e. The second kappa shape index (κ2) is 7.30. The highest BCUT2D eigenvalue weighted by molar-refractivity contribution is 7.89. The third kappa shape index (κ3) is 4.12. The summed E-state index contributed by atoms with van der Waals surface area (Å²) in [5.41, 5.74) is 1.07. The van der Waals surface area contributed by atoms with Crippen molar-refractivity contribution in [2.45, 2.75) is 37.2 Å². The Morgan fingerprint density at radius 1 is 1.09 bits per heavy atom. The third-order valence-corrected chi connectivity index (χ3v) is 6.64. The third-order valence-electron chi connectivity index (χ3n) is 4.73. The second-order valence-electron chi connectivity index (χ2n) is 6.51. The predicted molar refractivity (Wildman–Crippen MR) is 90.0 cm³/mol. The Hall–Kier alpha value is -0.950. The topological polar surface area (TPSA) is 49.9 Å². The van der Waals surface area contributed by atoms with E-state index in [-0.39, 0.29) is 0 Å². The largest absolute Gasteiger partial charge is 0.377 e. The number of ether oxygens (including phenoxy) is 1. The first-order valence-corrected chi connectivity index (χ1v) is 9.90. The molecule has 0 saturated carbocycles. The molecule has 0 aliphatic carbocycles. The molecule has 6 heteroatoms. The molecule has 1 aromatic rings. The van der Waals surface area contributed by atoms with Gasteiger partial charge in [-0.2, -0.15) is 4.31 Å². The highest BCUT2D eigenvalue weighted by Gasteiger charge is 2.29. The SMILES string of the molecule is Cc1ccc(S(=O)(=O)N2CCN(C[C@@H]3CCCCO3)CC2)cc1. The number of benzene rings is 1. The van der Waals surface area contributed by atoms with Crippen LogP contribution in [0.5, 0.6) is 0 Å². The molecule has 23 heavy (non-hydrogen) atoms. The van der Waals surface area contributed by atoms with Gasteiger partial charge in [-0.1, -0.05) is 17.7 Å². The Bertz CT molecular complexity index is 601. The van der Waals surface area contributed by atoms with Gasteiger partial charge in [0.15, 0.2) is 0 Å². The minimum Gasteiger partial charge on any atom is -0.377 e. The highest BCUT2D eigenvalue weighted by atomic mass is 32.2. The normalized spacial score (nSPS) is 24.7. The van der Waals surface area contributed by atoms with Gasteiger partial charge in [-0.15, -0.1) is 0 Å². The Labute approximate surface area is 139 Å². The summed E-state index contributed by atoms with van der Waals surface area (Å²) in [4.78, 5) is 2.73. The summed E-state index contributed by atoms with van der Waals surface area (Å²) in [6.07, 6.45) is 3.86. The lowest BCUT2D eigenvalue weighted by molar-refractivity contribution is -0.0103. The van der Waals surface area contributed by atoms with Gasteiger partial charge in [-0.3, -0.25) is 4.90 Å². The summed E-state index contributed by atoms with van der Waals surface area (Å²) in [5.74, 6) is 0. The zero-order chi connectivity index (χ0) is 16.3. The van der Waals surface area contributed by atoms with Crippen molar-refractivity contribution in [3.8, 4) is 0 Å². The van der Waals surface area contributed by atoms with Crippen molar-refractivity contribution in [1.29, 1.82) is 0 Å². The molecule has 2 aliphatic rings. The average Bonchev–Trinajstić information content (AvgIpc) is 2.57. The maximum absolute atomic E-state index is 12.7. The molecule has 128 valence electrons. The Morgan fingerprint density at radius 2 is 1.78 bits per heavy atom. The Morgan fingerprint density at radius 3 is 2.39 bits per heavy atom. The van der Waals surface area contributed by atoms with E-state index in [2.05, 4.69) is 4.90 Å². The second-order valence-corrected chi connectivity index (χ2v) is 8.44. The first-order chi connectivity index (χ1) is 11.1. The quantitative estimate of drug-likeness (QED) is 0.841. The van der Waals surface area contributed by atoms with Crippen LogP contribution in [0.4, 0.5) is 0 Å². The molecule has 0 radical (unpaired) electrons. The minimum absolute atomic E-state index is 0.323. The van der Waals surface area contributed by atoms with Crippen LogP contribution in [0, 0.1) is 6.92 Å². The van der Waals surface area contributed by atoms with Gasteiger partial charge in [-0.25, -0.2) is 8.42 Å². The van der Waals surface area contributed by atoms with Crippen molar-refractivity contribution in [2.24, 2.45) is 0 Å². The molecule has 0 spiro atoms. The monoisotopic (exact) mass is 338 g/mol. The molecular weight excluding hydrogens is 312 g/mol. The van der Waals surface area contributed by atoms with Gasteiger partial charge in [-0.05, 0) is 38.3 Å². The lowest BCUT2D eigenvalue weighted by atomic mass is 10.1. The van der Waals surface area contributed by atoms with Crippen LogP contribution in [0.2, 0.25) is 0 Å². The highest BCUT2D eigenvalue weighted by Crippen LogP contribution is 2.19. The van der Waals surface area contributed by atoms with Crippen molar-refractivity contribution in [3.05, 3.63) is 29.8 Å². The molecule has 2 aliphatic heterocycles. The number of hydrogen-bond donors (Lipinski definition) is 0. The average molecular weight is 338 g/mol. The molecule has 1 atom stereocenters. The molecule has 0 amide bonds. The van der Waals surface area contributed by atoms with E-state index in [0.29, 0.717) is 24.1 Å². The molecular formula is C17H26N2O3S. The fourth-order valence-electron chi connectivity index (χ4n) is 3.25. The zero-order valence-electron chi connectivity index (χ0n) is 13.8.